The zero-order valence-electron chi connectivity index (χ0n) is 10.1. The van der Waals surface area contributed by atoms with Gasteiger partial charge in [0, 0.05) is 13.0 Å². The predicted molar refractivity (Wildman–Crippen MR) is 61.4 cm³/mol. The van der Waals surface area contributed by atoms with Gasteiger partial charge in [-0.05, 0) is 26.2 Å². The van der Waals surface area contributed by atoms with Crippen molar-refractivity contribution in [1.29, 1.82) is 0 Å². The molecule has 6 nitrogen and oxygen atoms in total. The van der Waals surface area contributed by atoms with Gasteiger partial charge in [0.1, 0.15) is 0 Å². The van der Waals surface area contributed by atoms with Crippen molar-refractivity contribution in [3.63, 3.8) is 0 Å². The average Bonchev–Trinajstić information content (AvgIpc) is 2.26. The van der Waals surface area contributed by atoms with Crippen LogP contribution in [0.25, 0.3) is 0 Å². The molecular formula is C11H20N2O4. The maximum Gasteiger partial charge on any atom is 0.303 e. The summed E-state index contributed by atoms with van der Waals surface area (Å²) in [6.07, 6.45) is 1.81. The van der Waals surface area contributed by atoms with E-state index in [4.69, 9.17) is 15.6 Å². The van der Waals surface area contributed by atoms with Crippen molar-refractivity contribution in [2.45, 2.75) is 44.2 Å². The number of amides is 1. The van der Waals surface area contributed by atoms with E-state index >= 15 is 0 Å². The molecule has 1 aliphatic rings. The first-order valence-corrected chi connectivity index (χ1v) is 5.80. The molecule has 2 atom stereocenters. The molecule has 0 aromatic carbocycles. The van der Waals surface area contributed by atoms with Gasteiger partial charge in [-0.3, -0.25) is 9.59 Å². The van der Waals surface area contributed by atoms with Gasteiger partial charge in [0.25, 0.3) is 0 Å². The third-order valence-electron chi connectivity index (χ3n) is 2.87. The van der Waals surface area contributed by atoms with Gasteiger partial charge in [0.2, 0.25) is 5.91 Å². The Hall–Kier alpha value is -1.14. The molecule has 0 spiro atoms. The summed E-state index contributed by atoms with van der Waals surface area (Å²) < 4.78 is 5.31. The van der Waals surface area contributed by atoms with Gasteiger partial charge < -0.3 is 20.9 Å². The number of carbonyl (C=O) groups is 2. The number of hydrogen-bond acceptors (Lipinski definition) is 4. The third-order valence-corrected chi connectivity index (χ3v) is 2.87. The SMILES string of the molecule is CC1(NC(=O)C(N)CCC(=O)O)CCCOC1. The molecule has 0 saturated carbocycles. The number of carboxylic acid groups (broad SMARTS) is 1. The Bertz CT molecular complexity index is 287. The summed E-state index contributed by atoms with van der Waals surface area (Å²) >= 11 is 0. The Morgan fingerprint density at radius 1 is 1.59 bits per heavy atom. The van der Waals surface area contributed by atoms with E-state index in [1.54, 1.807) is 0 Å². The second kappa shape index (κ2) is 5.97. The van der Waals surface area contributed by atoms with E-state index in [0.29, 0.717) is 6.61 Å². The van der Waals surface area contributed by atoms with Crippen LogP contribution in [0.15, 0.2) is 0 Å². The number of hydrogen-bond donors (Lipinski definition) is 3. The molecule has 98 valence electrons. The smallest absolute Gasteiger partial charge is 0.303 e. The summed E-state index contributed by atoms with van der Waals surface area (Å²) in [4.78, 5) is 22.1. The summed E-state index contributed by atoms with van der Waals surface area (Å²) in [6.45, 7) is 3.11. The molecule has 1 aliphatic heterocycles. The van der Waals surface area contributed by atoms with Crippen LogP contribution in [0.3, 0.4) is 0 Å². The fourth-order valence-electron chi connectivity index (χ4n) is 1.83. The number of nitrogens with one attached hydrogen (secondary N) is 1. The van der Waals surface area contributed by atoms with Crippen molar-refractivity contribution >= 4 is 11.9 Å². The lowest BCUT2D eigenvalue weighted by Crippen LogP contribution is -2.55. The van der Waals surface area contributed by atoms with Crippen molar-refractivity contribution in [3.05, 3.63) is 0 Å². The third kappa shape index (κ3) is 4.70. The van der Waals surface area contributed by atoms with Crippen LogP contribution in [0.4, 0.5) is 0 Å². The summed E-state index contributed by atoms with van der Waals surface area (Å²) in [5, 5.41) is 11.3. The van der Waals surface area contributed by atoms with Crippen LogP contribution in [0, 0.1) is 0 Å². The first kappa shape index (κ1) is 13.9. The largest absolute Gasteiger partial charge is 0.481 e. The molecule has 0 aromatic rings. The molecule has 0 bridgehead atoms. The Morgan fingerprint density at radius 2 is 2.29 bits per heavy atom. The Labute approximate surface area is 101 Å². The fraction of sp³-hybridized carbons (Fsp3) is 0.818. The van der Waals surface area contributed by atoms with Crippen LogP contribution in [-0.4, -0.2) is 41.8 Å². The van der Waals surface area contributed by atoms with Gasteiger partial charge in [0.05, 0.1) is 18.2 Å². The Balaban J connectivity index is 2.39. The highest BCUT2D eigenvalue weighted by Crippen LogP contribution is 2.18. The van der Waals surface area contributed by atoms with E-state index in [2.05, 4.69) is 5.32 Å². The first-order chi connectivity index (χ1) is 7.93. The number of rotatable bonds is 5. The van der Waals surface area contributed by atoms with Crippen molar-refractivity contribution in [1.82, 2.24) is 5.32 Å². The first-order valence-electron chi connectivity index (χ1n) is 5.80. The van der Waals surface area contributed by atoms with Gasteiger partial charge in [-0.15, -0.1) is 0 Å². The standard InChI is InChI=1S/C11H20N2O4/c1-11(5-2-6-17-7-11)13-10(16)8(12)3-4-9(14)15/h8H,2-7,12H2,1H3,(H,13,16)(H,14,15). The van der Waals surface area contributed by atoms with E-state index in [9.17, 15) is 9.59 Å². The quantitative estimate of drug-likeness (QED) is 0.625. The van der Waals surface area contributed by atoms with Crippen LogP contribution in [0.1, 0.15) is 32.6 Å². The normalized spacial score (nSPS) is 26.2. The van der Waals surface area contributed by atoms with Gasteiger partial charge in [-0.1, -0.05) is 0 Å². The molecule has 0 aliphatic carbocycles. The van der Waals surface area contributed by atoms with Crippen LogP contribution in [-0.2, 0) is 14.3 Å². The van der Waals surface area contributed by atoms with Gasteiger partial charge >= 0.3 is 5.97 Å². The molecule has 1 heterocycles. The minimum Gasteiger partial charge on any atom is -0.481 e. The van der Waals surface area contributed by atoms with Crippen molar-refractivity contribution in [2.24, 2.45) is 5.73 Å². The topological polar surface area (TPSA) is 102 Å². The maximum atomic E-state index is 11.7. The minimum atomic E-state index is -0.944. The number of aliphatic carboxylic acids is 1. The van der Waals surface area contributed by atoms with Gasteiger partial charge in [-0.2, -0.15) is 0 Å². The van der Waals surface area contributed by atoms with E-state index in [1.165, 1.54) is 0 Å². The molecule has 1 rings (SSSR count). The average molecular weight is 244 g/mol. The van der Waals surface area contributed by atoms with E-state index < -0.39 is 12.0 Å². The molecule has 17 heavy (non-hydrogen) atoms. The van der Waals surface area contributed by atoms with Crippen LogP contribution in [0.5, 0.6) is 0 Å². The molecule has 0 radical (unpaired) electrons. The highest BCUT2D eigenvalue weighted by Gasteiger charge is 2.30. The summed E-state index contributed by atoms with van der Waals surface area (Å²) in [6, 6.07) is -0.773. The molecule has 6 heteroatoms. The number of nitrogens with two attached hydrogens (primary N) is 1. The number of carboxylic acids is 1. The minimum absolute atomic E-state index is 0.0954. The van der Waals surface area contributed by atoms with E-state index in [-0.39, 0.29) is 24.3 Å². The summed E-state index contributed by atoms with van der Waals surface area (Å²) in [5.41, 5.74) is 5.25. The summed E-state index contributed by atoms with van der Waals surface area (Å²) in [5.74, 6) is -1.25. The van der Waals surface area contributed by atoms with Crippen molar-refractivity contribution < 1.29 is 19.4 Å². The van der Waals surface area contributed by atoms with E-state index in [1.807, 2.05) is 6.92 Å². The predicted octanol–water partition coefficient (Wildman–Crippen LogP) is -0.136. The number of carbonyl (C=O) groups excluding carboxylic acids is 1. The van der Waals surface area contributed by atoms with Gasteiger partial charge in [-0.25, -0.2) is 0 Å². The molecule has 0 aromatic heterocycles. The maximum absolute atomic E-state index is 11.7. The van der Waals surface area contributed by atoms with Crippen LogP contribution >= 0.6 is 0 Å². The Kier molecular flexibility index (Phi) is 4.89. The number of ether oxygens (including phenoxy) is 1. The molecule has 1 amide bonds. The lowest BCUT2D eigenvalue weighted by Gasteiger charge is -2.35. The van der Waals surface area contributed by atoms with Crippen LogP contribution < -0.4 is 11.1 Å². The zero-order valence-corrected chi connectivity index (χ0v) is 10.1. The monoisotopic (exact) mass is 244 g/mol. The van der Waals surface area contributed by atoms with Gasteiger partial charge in [0.15, 0.2) is 0 Å². The summed E-state index contributed by atoms with van der Waals surface area (Å²) in [7, 11) is 0. The lowest BCUT2D eigenvalue weighted by atomic mass is 9.94. The molecule has 2 unspecified atom stereocenters. The highest BCUT2D eigenvalue weighted by molar-refractivity contribution is 5.82. The second-order valence-electron chi connectivity index (χ2n) is 4.74. The second-order valence-corrected chi connectivity index (χ2v) is 4.74. The lowest BCUT2D eigenvalue weighted by molar-refractivity contribution is -0.137. The molecular weight excluding hydrogens is 224 g/mol. The van der Waals surface area contributed by atoms with Crippen molar-refractivity contribution in [2.75, 3.05) is 13.2 Å². The molecule has 1 saturated heterocycles. The van der Waals surface area contributed by atoms with Crippen LogP contribution in [0.2, 0.25) is 0 Å². The van der Waals surface area contributed by atoms with Crippen molar-refractivity contribution in [3.8, 4) is 0 Å². The Morgan fingerprint density at radius 3 is 2.82 bits per heavy atom. The highest BCUT2D eigenvalue weighted by atomic mass is 16.5. The fourth-order valence-corrected chi connectivity index (χ4v) is 1.83. The molecule has 4 N–H and O–H groups in total. The van der Waals surface area contributed by atoms with E-state index in [0.717, 1.165) is 19.4 Å². The molecule has 1 fully saturated rings. The zero-order chi connectivity index (χ0) is 12.9.